The van der Waals surface area contributed by atoms with Crippen LogP contribution in [0.5, 0.6) is 0 Å². The lowest BCUT2D eigenvalue weighted by molar-refractivity contribution is -0.117. The summed E-state index contributed by atoms with van der Waals surface area (Å²) in [6.45, 7) is 6.88. The zero-order valence-corrected chi connectivity index (χ0v) is 13.7. The number of benzene rings is 1. The summed E-state index contributed by atoms with van der Waals surface area (Å²) in [7, 11) is 0. The molecule has 6 nitrogen and oxygen atoms in total. The van der Waals surface area contributed by atoms with Gasteiger partial charge < -0.3 is 15.4 Å². The Bertz CT molecular complexity index is 717. The largest absolute Gasteiger partial charge is 0.444 e. The molecule has 1 atom stereocenters. The van der Waals surface area contributed by atoms with Crippen LogP contribution in [0.3, 0.4) is 0 Å². The number of ether oxygens (including phenoxy) is 1. The quantitative estimate of drug-likeness (QED) is 0.912. The van der Waals surface area contributed by atoms with Gasteiger partial charge in [0.05, 0.1) is 11.2 Å². The Morgan fingerprint density at radius 3 is 2.57 bits per heavy atom. The first kappa shape index (κ1) is 16.7. The zero-order chi connectivity index (χ0) is 17.0. The third kappa shape index (κ3) is 4.67. The molecule has 0 aliphatic rings. The Morgan fingerprint density at radius 2 is 1.87 bits per heavy atom. The molecule has 1 aromatic carbocycles. The SMILES string of the molecule is C[C@@H](NC(=O)OC(C)(C)C)C(=O)Nc1cccc2cccnc12. The van der Waals surface area contributed by atoms with Gasteiger partial charge in [0.25, 0.3) is 0 Å². The number of para-hydroxylation sites is 1. The van der Waals surface area contributed by atoms with Crippen molar-refractivity contribution in [2.75, 3.05) is 5.32 Å². The van der Waals surface area contributed by atoms with Crippen molar-refractivity contribution >= 4 is 28.6 Å². The molecule has 0 saturated heterocycles. The number of carbonyl (C=O) groups excluding carboxylic acids is 2. The normalized spacial score (nSPS) is 12.5. The number of nitrogens with zero attached hydrogens (tertiary/aromatic N) is 1. The molecule has 2 N–H and O–H groups in total. The van der Waals surface area contributed by atoms with Crippen LogP contribution >= 0.6 is 0 Å². The van der Waals surface area contributed by atoms with Gasteiger partial charge >= 0.3 is 6.09 Å². The standard InChI is InChI=1S/C17H21N3O3/c1-11(19-16(22)23-17(2,3)4)15(21)20-13-9-5-7-12-8-6-10-18-14(12)13/h5-11H,1-4H3,(H,19,22)(H,20,21)/t11-/m1/s1. The number of pyridine rings is 1. The molecule has 1 heterocycles. The van der Waals surface area contributed by atoms with E-state index in [2.05, 4.69) is 15.6 Å². The summed E-state index contributed by atoms with van der Waals surface area (Å²) in [6, 6.07) is 8.55. The van der Waals surface area contributed by atoms with Gasteiger partial charge in [0.1, 0.15) is 11.6 Å². The highest BCUT2D eigenvalue weighted by Crippen LogP contribution is 2.20. The van der Waals surface area contributed by atoms with Crippen molar-refractivity contribution in [2.24, 2.45) is 0 Å². The fourth-order valence-electron chi connectivity index (χ4n) is 2.00. The molecule has 2 amide bonds. The number of alkyl carbamates (subject to hydrolysis) is 1. The zero-order valence-electron chi connectivity index (χ0n) is 13.7. The monoisotopic (exact) mass is 315 g/mol. The highest BCUT2D eigenvalue weighted by atomic mass is 16.6. The van der Waals surface area contributed by atoms with Crippen LogP contribution in [0.15, 0.2) is 36.5 Å². The molecule has 23 heavy (non-hydrogen) atoms. The fraction of sp³-hybridized carbons (Fsp3) is 0.353. The van der Waals surface area contributed by atoms with Gasteiger partial charge in [0.2, 0.25) is 5.91 Å². The average Bonchev–Trinajstić information content (AvgIpc) is 2.45. The van der Waals surface area contributed by atoms with E-state index in [1.54, 1.807) is 40.0 Å². The number of carbonyl (C=O) groups is 2. The van der Waals surface area contributed by atoms with Crippen LogP contribution in [-0.2, 0) is 9.53 Å². The van der Waals surface area contributed by atoms with Gasteiger partial charge in [0.15, 0.2) is 0 Å². The minimum Gasteiger partial charge on any atom is -0.444 e. The molecule has 0 fully saturated rings. The van der Waals surface area contributed by atoms with Gasteiger partial charge in [-0.15, -0.1) is 0 Å². The number of anilines is 1. The molecule has 0 saturated carbocycles. The van der Waals surface area contributed by atoms with Crippen LogP contribution in [0.4, 0.5) is 10.5 Å². The van der Waals surface area contributed by atoms with E-state index in [9.17, 15) is 9.59 Å². The highest BCUT2D eigenvalue weighted by Gasteiger charge is 2.21. The molecule has 0 radical (unpaired) electrons. The van der Waals surface area contributed by atoms with Crippen molar-refractivity contribution in [1.29, 1.82) is 0 Å². The van der Waals surface area contributed by atoms with E-state index in [-0.39, 0.29) is 5.91 Å². The lowest BCUT2D eigenvalue weighted by Crippen LogP contribution is -2.44. The topological polar surface area (TPSA) is 80.3 Å². The number of hydrogen-bond acceptors (Lipinski definition) is 4. The second-order valence-electron chi connectivity index (χ2n) is 6.24. The number of nitrogens with one attached hydrogen (secondary N) is 2. The number of fused-ring (bicyclic) bond motifs is 1. The van der Waals surface area contributed by atoms with Gasteiger partial charge in [-0.2, -0.15) is 0 Å². The van der Waals surface area contributed by atoms with Gasteiger partial charge in [0, 0.05) is 11.6 Å². The maximum atomic E-state index is 12.2. The van der Waals surface area contributed by atoms with Gasteiger partial charge in [-0.05, 0) is 39.8 Å². The summed E-state index contributed by atoms with van der Waals surface area (Å²) < 4.78 is 5.14. The molecule has 0 spiro atoms. The Kier molecular flexibility index (Phi) is 4.83. The molecule has 0 unspecified atom stereocenters. The van der Waals surface area contributed by atoms with Crippen molar-refractivity contribution in [3.63, 3.8) is 0 Å². The first-order valence-electron chi connectivity index (χ1n) is 7.40. The van der Waals surface area contributed by atoms with Crippen molar-refractivity contribution in [1.82, 2.24) is 10.3 Å². The second-order valence-corrected chi connectivity index (χ2v) is 6.24. The van der Waals surface area contributed by atoms with E-state index in [0.29, 0.717) is 11.2 Å². The second kappa shape index (κ2) is 6.64. The molecule has 2 aromatic rings. The van der Waals surface area contributed by atoms with Crippen LogP contribution < -0.4 is 10.6 Å². The van der Waals surface area contributed by atoms with Gasteiger partial charge in [-0.25, -0.2) is 4.79 Å². The Labute approximate surface area is 135 Å². The molecular formula is C17H21N3O3. The molecule has 1 aromatic heterocycles. The fourth-order valence-corrected chi connectivity index (χ4v) is 2.00. The van der Waals surface area contributed by atoms with Crippen LogP contribution in [0.2, 0.25) is 0 Å². The molecule has 6 heteroatoms. The highest BCUT2D eigenvalue weighted by molar-refractivity contribution is 6.02. The number of rotatable bonds is 3. The lowest BCUT2D eigenvalue weighted by Gasteiger charge is -2.21. The van der Waals surface area contributed by atoms with E-state index >= 15 is 0 Å². The van der Waals surface area contributed by atoms with Crippen LogP contribution in [0.1, 0.15) is 27.7 Å². The first-order valence-corrected chi connectivity index (χ1v) is 7.40. The van der Waals surface area contributed by atoms with Crippen LogP contribution in [0, 0.1) is 0 Å². The van der Waals surface area contributed by atoms with Crippen molar-refractivity contribution in [2.45, 2.75) is 39.3 Å². The predicted octanol–water partition coefficient (Wildman–Crippen LogP) is 3.09. The third-order valence-electron chi connectivity index (χ3n) is 3.02. The maximum absolute atomic E-state index is 12.2. The minimum absolute atomic E-state index is 0.339. The van der Waals surface area contributed by atoms with Crippen LogP contribution in [-0.4, -0.2) is 28.6 Å². The third-order valence-corrected chi connectivity index (χ3v) is 3.02. The van der Waals surface area contributed by atoms with Crippen LogP contribution in [0.25, 0.3) is 10.9 Å². The predicted molar refractivity (Wildman–Crippen MR) is 89.2 cm³/mol. The molecular weight excluding hydrogens is 294 g/mol. The van der Waals surface area contributed by atoms with E-state index in [0.717, 1.165) is 5.39 Å². The summed E-state index contributed by atoms with van der Waals surface area (Å²) in [6.07, 6.45) is 1.04. The number of aromatic nitrogens is 1. The van der Waals surface area contributed by atoms with E-state index in [1.807, 2.05) is 24.3 Å². The lowest BCUT2D eigenvalue weighted by atomic mass is 10.2. The number of amides is 2. The molecule has 2 rings (SSSR count). The summed E-state index contributed by atoms with van der Waals surface area (Å²) in [5, 5.41) is 6.22. The Balaban J connectivity index is 2.04. The first-order chi connectivity index (χ1) is 10.8. The van der Waals surface area contributed by atoms with Crippen molar-refractivity contribution < 1.29 is 14.3 Å². The Hall–Kier alpha value is -2.63. The van der Waals surface area contributed by atoms with E-state index < -0.39 is 17.7 Å². The molecule has 0 aliphatic heterocycles. The Morgan fingerprint density at radius 1 is 1.17 bits per heavy atom. The van der Waals surface area contributed by atoms with Crippen molar-refractivity contribution in [3.05, 3.63) is 36.5 Å². The van der Waals surface area contributed by atoms with Gasteiger partial charge in [-0.1, -0.05) is 18.2 Å². The van der Waals surface area contributed by atoms with Crippen molar-refractivity contribution in [3.8, 4) is 0 Å². The summed E-state index contributed by atoms with van der Waals surface area (Å²) in [4.78, 5) is 28.2. The van der Waals surface area contributed by atoms with E-state index in [4.69, 9.17) is 4.74 Å². The summed E-state index contributed by atoms with van der Waals surface area (Å²) in [5.74, 6) is -0.339. The molecule has 0 bridgehead atoms. The van der Waals surface area contributed by atoms with Gasteiger partial charge in [-0.3, -0.25) is 9.78 Å². The summed E-state index contributed by atoms with van der Waals surface area (Å²) in [5.41, 5.74) is 0.693. The molecule has 122 valence electrons. The van der Waals surface area contributed by atoms with E-state index in [1.165, 1.54) is 0 Å². The smallest absolute Gasteiger partial charge is 0.408 e. The number of hydrogen-bond donors (Lipinski definition) is 2. The summed E-state index contributed by atoms with van der Waals surface area (Å²) >= 11 is 0. The molecule has 0 aliphatic carbocycles. The minimum atomic E-state index is -0.733. The average molecular weight is 315 g/mol. The maximum Gasteiger partial charge on any atom is 0.408 e.